The van der Waals surface area contributed by atoms with Gasteiger partial charge in [-0.05, 0) is 26.0 Å². The summed E-state index contributed by atoms with van der Waals surface area (Å²) in [6.07, 6.45) is -0.214. The van der Waals surface area contributed by atoms with E-state index in [1.54, 1.807) is 29.8 Å². The largest absolute Gasteiger partial charge is 0.491 e. The van der Waals surface area contributed by atoms with Crippen LogP contribution in [0.2, 0.25) is 0 Å². The van der Waals surface area contributed by atoms with Crippen LogP contribution in [0.5, 0.6) is 11.6 Å². The van der Waals surface area contributed by atoms with Gasteiger partial charge in [-0.15, -0.1) is 0 Å². The summed E-state index contributed by atoms with van der Waals surface area (Å²) >= 11 is 0. The molecule has 1 aliphatic heterocycles. The van der Waals surface area contributed by atoms with E-state index < -0.39 is 5.60 Å². The second-order valence-corrected chi connectivity index (χ2v) is 7.00. The van der Waals surface area contributed by atoms with E-state index in [1.165, 1.54) is 0 Å². The van der Waals surface area contributed by atoms with E-state index in [2.05, 4.69) is 5.10 Å². The van der Waals surface area contributed by atoms with Crippen molar-refractivity contribution in [2.75, 3.05) is 26.8 Å². The van der Waals surface area contributed by atoms with Crippen molar-refractivity contribution < 1.29 is 19.0 Å². The third-order valence-corrected chi connectivity index (χ3v) is 4.21. The van der Waals surface area contributed by atoms with Crippen molar-refractivity contribution in [1.29, 1.82) is 0 Å². The van der Waals surface area contributed by atoms with Crippen molar-refractivity contribution in [3.8, 4) is 11.6 Å². The fourth-order valence-electron chi connectivity index (χ4n) is 3.15. The van der Waals surface area contributed by atoms with E-state index in [0.29, 0.717) is 31.3 Å². The number of carbonyl (C=O) groups excluding carboxylic acids is 1. The highest BCUT2D eigenvalue weighted by atomic mass is 16.5. The second kappa shape index (κ2) is 7.37. The summed E-state index contributed by atoms with van der Waals surface area (Å²) in [5.74, 6) is 1.20. The maximum atomic E-state index is 12.9. The molecule has 1 saturated heterocycles. The van der Waals surface area contributed by atoms with Gasteiger partial charge in [0, 0.05) is 19.7 Å². The number of aryl methyl sites for hydroxylation is 1. The SMILES string of the molecule is COc1cc(C(=O)N2C[C@H](COc3ccccc3)OC(C)(C)C2)nn1C. The van der Waals surface area contributed by atoms with E-state index in [4.69, 9.17) is 14.2 Å². The summed E-state index contributed by atoms with van der Waals surface area (Å²) < 4.78 is 18.7. The van der Waals surface area contributed by atoms with Gasteiger partial charge in [-0.25, -0.2) is 4.68 Å². The molecule has 3 rings (SSSR count). The van der Waals surface area contributed by atoms with Crippen molar-refractivity contribution in [1.82, 2.24) is 14.7 Å². The lowest BCUT2D eigenvalue weighted by atomic mass is 10.0. The number of hydrogen-bond donors (Lipinski definition) is 0. The Hall–Kier alpha value is -2.54. The molecule has 2 aromatic rings. The van der Waals surface area contributed by atoms with Crippen LogP contribution in [0.25, 0.3) is 0 Å². The molecule has 0 bridgehead atoms. The number of para-hydroxylation sites is 1. The minimum atomic E-state index is -0.461. The lowest BCUT2D eigenvalue weighted by molar-refractivity contribution is -0.136. The van der Waals surface area contributed by atoms with Gasteiger partial charge < -0.3 is 19.1 Å². The fraction of sp³-hybridized carbons (Fsp3) is 0.474. The van der Waals surface area contributed by atoms with Gasteiger partial charge in [0.25, 0.3) is 5.91 Å². The highest BCUT2D eigenvalue weighted by Gasteiger charge is 2.37. The summed E-state index contributed by atoms with van der Waals surface area (Å²) in [7, 11) is 3.30. The van der Waals surface area contributed by atoms with Crippen molar-refractivity contribution in [3.63, 3.8) is 0 Å². The van der Waals surface area contributed by atoms with Crippen LogP contribution in [-0.2, 0) is 11.8 Å². The van der Waals surface area contributed by atoms with Gasteiger partial charge in [-0.1, -0.05) is 18.2 Å². The van der Waals surface area contributed by atoms with Crippen LogP contribution in [0.15, 0.2) is 36.4 Å². The molecule has 1 amide bonds. The fourth-order valence-corrected chi connectivity index (χ4v) is 3.15. The van der Waals surface area contributed by atoms with Crippen molar-refractivity contribution in [2.45, 2.75) is 25.6 Å². The van der Waals surface area contributed by atoms with E-state index in [-0.39, 0.29) is 12.0 Å². The molecule has 2 heterocycles. The zero-order valence-corrected chi connectivity index (χ0v) is 15.6. The van der Waals surface area contributed by atoms with Crippen molar-refractivity contribution in [3.05, 3.63) is 42.1 Å². The van der Waals surface area contributed by atoms with Gasteiger partial charge in [0.1, 0.15) is 18.5 Å². The number of morpholine rings is 1. The van der Waals surface area contributed by atoms with Gasteiger partial charge in [0.2, 0.25) is 5.88 Å². The summed E-state index contributed by atoms with van der Waals surface area (Å²) in [6.45, 7) is 5.27. The first kappa shape index (κ1) is 18.3. The molecule has 7 heteroatoms. The van der Waals surface area contributed by atoms with Crippen LogP contribution in [-0.4, -0.2) is 59.1 Å². The van der Waals surface area contributed by atoms with Crippen molar-refractivity contribution >= 4 is 5.91 Å². The summed E-state index contributed by atoms with van der Waals surface area (Å²) in [4.78, 5) is 14.7. The number of rotatable bonds is 5. The maximum Gasteiger partial charge on any atom is 0.274 e. The van der Waals surface area contributed by atoms with Gasteiger partial charge in [0.05, 0.1) is 19.3 Å². The molecule has 140 valence electrons. The van der Waals surface area contributed by atoms with Gasteiger partial charge in [-0.2, -0.15) is 5.10 Å². The summed E-state index contributed by atoms with van der Waals surface area (Å²) in [6, 6.07) is 11.2. The Morgan fingerprint density at radius 3 is 2.73 bits per heavy atom. The Labute approximate surface area is 153 Å². The van der Waals surface area contributed by atoms with E-state index in [0.717, 1.165) is 5.75 Å². The maximum absolute atomic E-state index is 12.9. The van der Waals surface area contributed by atoms with Crippen LogP contribution >= 0.6 is 0 Å². The van der Waals surface area contributed by atoms with Crippen LogP contribution in [0.3, 0.4) is 0 Å². The average molecular weight is 359 g/mol. The predicted molar refractivity (Wildman–Crippen MR) is 96.6 cm³/mol. The molecule has 0 radical (unpaired) electrons. The Morgan fingerprint density at radius 1 is 1.35 bits per heavy atom. The first-order valence-electron chi connectivity index (χ1n) is 8.61. The highest BCUT2D eigenvalue weighted by Crippen LogP contribution is 2.24. The minimum absolute atomic E-state index is 0.134. The van der Waals surface area contributed by atoms with E-state index >= 15 is 0 Å². The minimum Gasteiger partial charge on any atom is -0.491 e. The number of hydrogen-bond acceptors (Lipinski definition) is 5. The molecule has 0 aliphatic carbocycles. The van der Waals surface area contributed by atoms with Crippen LogP contribution < -0.4 is 9.47 Å². The molecule has 1 aromatic heterocycles. The molecule has 0 unspecified atom stereocenters. The number of amides is 1. The number of nitrogens with zero attached hydrogens (tertiary/aromatic N) is 3. The zero-order chi connectivity index (χ0) is 18.7. The standard InChI is InChI=1S/C19H25N3O4/c1-19(2)13-22(18(23)16-10-17(24-4)21(3)20-16)11-15(26-19)12-25-14-8-6-5-7-9-14/h5-10,15H,11-13H2,1-4H3/t15-/m1/s1. The molecule has 1 aliphatic rings. The highest BCUT2D eigenvalue weighted by molar-refractivity contribution is 5.92. The first-order valence-corrected chi connectivity index (χ1v) is 8.61. The lowest BCUT2D eigenvalue weighted by Gasteiger charge is -2.42. The number of aromatic nitrogens is 2. The number of carbonyl (C=O) groups is 1. The van der Waals surface area contributed by atoms with Gasteiger partial charge >= 0.3 is 0 Å². The van der Waals surface area contributed by atoms with E-state index in [9.17, 15) is 4.79 Å². The molecule has 26 heavy (non-hydrogen) atoms. The van der Waals surface area contributed by atoms with E-state index in [1.807, 2.05) is 44.2 Å². The summed E-state index contributed by atoms with van der Waals surface area (Å²) in [5.41, 5.74) is -0.0953. The monoisotopic (exact) mass is 359 g/mol. The number of ether oxygens (including phenoxy) is 3. The van der Waals surface area contributed by atoms with Gasteiger partial charge in [-0.3, -0.25) is 4.79 Å². The third kappa shape index (κ3) is 4.16. The zero-order valence-electron chi connectivity index (χ0n) is 15.6. The topological polar surface area (TPSA) is 65.8 Å². The molecule has 0 saturated carbocycles. The molecule has 1 atom stereocenters. The normalized spacial score (nSPS) is 19.2. The molecule has 0 spiro atoms. The van der Waals surface area contributed by atoms with Crippen LogP contribution in [0, 0.1) is 0 Å². The van der Waals surface area contributed by atoms with Crippen molar-refractivity contribution in [2.24, 2.45) is 7.05 Å². The lowest BCUT2D eigenvalue weighted by Crippen LogP contribution is -2.56. The number of benzene rings is 1. The molecule has 7 nitrogen and oxygen atoms in total. The Morgan fingerprint density at radius 2 is 2.08 bits per heavy atom. The molecule has 0 N–H and O–H groups in total. The quantitative estimate of drug-likeness (QED) is 0.818. The van der Waals surface area contributed by atoms with Gasteiger partial charge in [0.15, 0.2) is 5.69 Å². The molecule has 1 fully saturated rings. The smallest absolute Gasteiger partial charge is 0.274 e. The van der Waals surface area contributed by atoms with Crippen LogP contribution in [0.4, 0.5) is 0 Å². The molecular weight excluding hydrogens is 334 g/mol. The number of methoxy groups -OCH3 is 1. The Bertz CT molecular complexity index is 757. The third-order valence-electron chi connectivity index (χ3n) is 4.21. The average Bonchev–Trinajstić information content (AvgIpc) is 2.99. The second-order valence-electron chi connectivity index (χ2n) is 7.00. The first-order chi connectivity index (χ1) is 12.4. The Kier molecular flexibility index (Phi) is 5.18. The molecule has 1 aromatic carbocycles. The van der Waals surface area contributed by atoms with Crippen LogP contribution in [0.1, 0.15) is 24.3 Å². The predicted octanol–water partition coefficient (Wildman–Crippen LogP) is 2.13. The molecular formula is C19H25N3O4. The Balaban J connectivity index is 1.69. The summed E-state index contributed by atoms with van der Waals surface area (Å²) in [5, 5.41) is 4.25.